The predicted molar refractivity (Wildman–Crippen MR) is 69.0 cm³/mol. The molecule has 2 rings (SSSR count). The number of rotatable bonds is 4. The van der Waals surface area contributed by atoms with Crippen molar-refractivity contribution in [3.8, 4) is 17.6 Å². The second-order valence-electron chi connectivity index (χ2n) is 4.04. The van der Waals surface area contributed by atoms with Gasteiger partial charge in [0.2, 0.25) is 0 Å². The van der Waals surface area contributed by atoms with Crippen molar-refractivity contribution >= 4 is 5.97 Å². The van der Waals surface area contributed by atoms with Crippen molar-refractivity contribution in [2.45, 2.75) is 6.42 Å². The molecule has 0 saturated heterocycles. The molecule has 0 heterocycles. The SMILES string of the molecule is N#Cc1c(F)cccc1Oc1ccc(CC(=O)O)cc1. The summed E-state index contributed by atoms with van der Waals surface area (Å²) in [4.78, 5) is 10.6. The van der Waals surface area contributed by atoms with Crippen LogP contribution in [-0.2, 0) is 11.2 Å². The Hall–Kier alpha value is -2.87. The van der Waals surface area contributed by atoms with Gasteiger partial charge in [-0.05, 0) is 29.8 Å². The van der Waals surface area contributed by atoms with Crippen molar-refractivity contribution in [1.29, 1.82) is 5.26 Å². The van der Waals surface area contributed by atoms with E-state index in [1.165, 1.54) is 18.2 Å². The van der Waals surface area contributed by atoms with Gasteiger partial charge in [-0.25, -0.2) is 4.39 Å². The van der Waals surface area contributed by atoms with Crippen LogP contribution < -0.4 is 4.74 Å². The van der Waals surface area contributed by atoms with Crippen LogP contribution in [0.15, 0.2) is 42.5 Å². The smallest absolute Gasteiger partial charge is 0.307 e. The van der Waals surface area contributed by atoms with Crippen molar-refractivity contribution < 1.29 is 19.0 Å². The van der Waals surface area contributed by atoms with Crippen molar-refractivity contribution in [3.63, 3.8) is 0 Å². The van der Waals surface area contributed by atoms with Gasteiger partial charge in [-0.1, -0.05) is 18.2 Å². The fourth-order valence-electron chi connectivity index (χ4n) is 1.67. The Balaban J connectivity index is 2.21. The predicted octanol–water partition coefficient (Wildman–Crippen LogP) is 3.12. The molecule has 100 valence electrons. The van der Waals surface area contributed by atoms with E-state index in [4.69, 9.17) is 15.1 Å². The first-order valence-electron chi connectivity index (χ1n) is 5.77. The third-order valence-electron chi connectivity index (χ3n) is 2.59. The number of nitriles is 1. The number of carbonyl (C=O) groups is 1. The van der Waals surface area contributed by atoms with Crippen molar-refractivity contribution in [3.05, 3.63) is 59.4 Å². The third kappa shape index (κ3) is 3.12. The fourth-order valence-corrected chi connectivity index (χ4v) is 1.67. The molecule has 20 heavy (non-hydrogen) atoms. The Morgan fingerprint density at radius 1 is 1.25 bits per heavy atom. The lowest BCUT2D eigenvalue weighted by atomic mass is 10.1. The number of nitrogens with zero attached hydrogens (tertiary/aromatic N) is 1. The number of carboxylic acid groups (broad SMARTS) is 1. The fraction of sp³-hybridized carbons (Fsp3) is 0.0667. The van der Waals surface area contributed by atoms with Crippen LogP contribution in [0.4, 0.5) is 4.39 Å². The molecule has 0 unspecified atom stereocenters. The van der Waals surface area contributed by atoms with E-state index >= 15 is 0 Å². The number of hydrogen-bond acceptors (Lipinski definition) is 3. The van der Waals surface area contributed by atoms with E-state index in [0.29, 0.717) is 11.3 Å². The minimum Gasteiger partial charge on any atom is -0.481 e. The molecule has 0 fully saturated rings. The minimum atomic E-state index is -0.921. The van der Waals surface area contributed by atoms with Gasteiger partial charge in [0.1, 0.15) is 28.9 Å². The van der Waals surface area contributed by atoms with Crippen molar-refractivity contribution in [2.24, 2.45) is 0 Å². The highest BCUT2D eigenvalue weighted by Crippen LogP contribution is 2.26. The van der Waals surface area contributed by atoms with E-state index in [9.17, 15) is 9.18 Å². The highest BCUT2D eigenvalue weighted by atomic mass is 19.1. The topological polar surface area (TPSA) is 70.3 Å². The van der Waals surface area contributed by atoms with Gasteiger partial charge in [0.05, 0.1) is 6.42 Å². The zero-order chi connectivity index (χ0) is 14.5. The number of benzene rings is 2. The second-order valence-corrected chi connectivity index (χ2v) is 4.04. The van der Waals surface area contributed by atoms with Crippen LogP contribution >= 0.6 is 0 Å². The van der Waals surface area contributed by atoms with Crippen LogP contribution in [0.1, 0.15) is 11.1 Å². The molecule has 0 aliphatic rings. The first kappa shape index (κ1) is 13.6. The van der Waals surface area contributed by atoms with Crippen molar-refractivity contribution in [2.75, 3.05) is 0 Å². The molecular formula is C15H10FNO3. The van der Waals surface area contributed by atoms with E-state index in [-0.39, 0.29) is 17.7 Å². The van der Waals surface area contributed by atoms with E-state index in [0.717, 1.165) is 0 Å². The number of ether oxygens (including phenoxy) is 1. The van der Waals surface area contributed by atoms with Gasteiger partial charge < -0.3 is 9.84 Å². The number of hydrogen-bond donors (Lipinski definition) is 1. The summed E-state index contributed by atoms with van der Waals surface area (Å²) >= 11 is 0. The number of aliphatic carboxylic acids is 1. The highest BCUT2D eigenvalue weighted by Gasteiger charge is 2.10. The van der Waals surface area contributed by atoms with E-state index in [1.807, 2.05) is 0 Å². The maximum atomic E-state index is 13.4. The summed E-state index contributed by atoms with van der Waals surface area (Å²) in [7, 11) is 0. The quantitative estimate of drug-likeness (QED) is 0.927. The monoisotopic (exact) mass is 271 g/mol. The third-order valence-corrected chi connectivity index (χ3v) is 2.59. The van der Waals surface area contributed by atoms with Gasteiger partial charge >= 0.3 is 5.97 Å². The minimum absolute atomic E-state index is 0.0797. The molecule has 0 radical (unpaired) electrons. The summed E-state index contributed by atoms with van der Waals surface area (Å²) < 4.78 is 18.8. The molecule has 0 spiro atoms. The molecule has 5 heteroatoms. The summed E-state index contributed by atoms with van der Waals surface area (Å²) in [5, 5.41) is 17.5. The maximum absolute atomic E-state index is 13.4. The standard InChI is InChI=1S/C15H10FNO3/c16-13-2-1-3-14(12(13)9-17)20-11-6-4-10(5-7-11)8-15(18)19/h1-7H,8H2,(H,18,19). The Morgan fingerprint density at radius 2 is 1.95 bits per heavy atom. The van der Waals surface area contributed by atoms with E-state index < -0.39 is 11.8 Å². The molecule has 4 nitrogen and oxygen atoms in total. The van der Waals surface area contributed by atoms with Crippen LogP contribution in [0.25, 0.3) is 0 Å². The number of carboxylic acids is 1. The Morgan fingerprint density at radius 3 is 2.55 bits per heavy atom. The molecular weight excluding hydrogens is 261 g/mol. The lowest BCUT2D eigenvalue weighted by Crippen LogP contribution is -1.99. The molecule has 0 saturated carbocycles. The molecule has 0 atom stereocenters. The lowest BCUT2D eigenvalue weighted by Gasteiger charge is -2.08. The second kappa shape index (κ2) is 5.85. The van der Waals surface area contributed by atoms with Crippen LogP contribution in [0.2, 0.25) is 0 Å². The van der Waals surface area contributed by atoms with Gasteiger partial charge in [0.25, 0.3) is 0 Å². The summed E-state index contributed by atoms with van der Waals surface area (Å²) in [6.07, 6.45) is -0.0797. The normalized spacial score (nSPS) is 9.80. The molecule has 0 aliphatic carbocycles. The average molecular weight is 271 g/mol. The van der Waals surface area contributed by atoms with Crippen LogP contribution in [0.5, 0.6) is 11.5 Å². The van der Waals surface area contributed by atoms with Crippen LogP contribution in [-0.4, -0.2) is 11.1 Å². The molecule has 2 aromatic rings. The molecule has 1 N–H and O–H groups in total. The van der Waals surface area contributed by atoms with E-state index in [1.54, 1.807) is 30.3 Å². The highest BCUT2D eigenvalue weighted by molar-refractivity contribution is 5.70. The van der Waals surface area contributed by atoms with E-state index in [2.05, 4.69) is 0 Å². The van der Waals surface area contributed by atoms with Gasteiger partial charge in [-0.3, -0.25) is 4.79 Å². The molecule has 0 bridgehead atoms. The summed E-state index contributed by atoms with van der Waals surface area (Å²) in [5.41, 5.74) is 0.465. The van der Waals surface area contributed by atoms with Gasteiger partial charge in [-0.15, -0.1) is 0 Å². The summed E-state index contributed by atoms with van der Waals surface area (Å²) in [6, 6.07) is 12.2. The Bertz CT molecular complexity index is 675. The maximum Gasteiger partial charge on any atom is 0.307 e. The summed E-state index contributed by atoms with van der Waals surface area (Å²) in [6.45, 7) is 0. The van der Waals surface area contributed by atoms with Gasteiger partial charge in [-0.2, -0.15) is 5.26 Å². The molecule has 2 aromatic carbocycles. The Labute approximate surface area is 114 Å². The molecule has 0 aromatic heterocycles. The van der Waals surface area contributed by atoms with Gasteiger partial charge in [0.15, 0.2) is 0 Å². The molecule has 0 aliphatic heterocycles. The van der Waals surface area contributed by atoms with Crippen LogP contribution in [0.3, 0.4) is 0 Å². The van der Waals surface area contributed by atoms with Gasteiger partial charge in [0, 0.05) is 0 Å². The summed E-state index contributed by atoms with van der Waals surface area (Å²) in [5.74, 6) is -1.04. The number of halogens is 1. The molecule has 0 amide bonds. The first-order valence-corrected chi connectivity index (χ1v) is 5.77. The van der Waals surface area contributed by atoms with Crippen LogP contribution in [0, 0.1) is 17.1 Å². The average Bonchev–Trinajstić information content (AvgIpc) is 2.41. The zero-order valence-corrected chi connectivity index (χ0v) is 10.3. The Kier molecular flexibility index (Phi) is 3.96. The zero-order valence-electron chi connectivity index (χ0n) is 10.3. The first-order chi connectivity index (χ1) is 9.60. The largest absolute Gasteiger partial charge is 0.481 e. The lowest BCUT2D eigenvalue weighted by molar-refractivity contribution is -0.136. The van der Waals surface area contributed by atoms with Crippen molar-refractivity contribution in [1.82, 2.24) is 0 Å².